The molecule has 0 spiro atoms. The minimum absolute atomic E-state index is 0.297. The number of rotatable bonds is 5. The monoisotopic (exact) mass is 263 g/mol. The molecule has 0 amide bonds. The van der Waals surface area contributed by atoms with Crippen LogP contribution in [0.3, 0.4) is 0 Å². The van der Waals surface area contributed by atoms with Crippen LogP contribution < -0.4 is 5.32 Å². The summed E-state index contributed by atoms with van der Waals surface area (Å²) in [5.41, 5.74) is 3.34. The van der Waals surface area contributed by atoms with Gasteiger partial charge in [-0.05, 0) is 19.9 Å². The lowest BCUT2D eigenvalue weighted by molar-refractivity contribution is 0.169. The average Bonchev–Trinajstić information content (AvgIpc) is 2.70. The number of aromatic amines is 1. The van der Waals surface area contributed by atoms with E-state index in [1.54, 1.807) is 18.2 Å². The summed E-state index contributed by atoms with van der Waals surface area (Å²) in [6.07, 6.45) is -0.853. The van der Waals surface area contributed by atoms with Crippen LogP contribution in [0.25, 0.3) is 0 Å². The number of H-pyrrole nitrogens is 1. The lowest BCUT2D eigenvalue weighted by atomic mass is 10.1. The van der Waals surface area contributed by atoms with Gasteiger partial charge in [0.2, 0.25) is 0 Å². The van der Waals surface area contributed by atoms with Gasteiger partial charge in [0.05, 0.1) is 11.8 Å². The smallest absolute Gasteiger partial charge is 0.129 e. The molecule has 1 heterocycles. The van der Waals surface area contributed by atoms with Crippen molar-refractivity contribution in [3.63, 3.8) is 0 Å². The minimum Gasteiger partial charge on any atom is -0.387 e. The Kier molecular flexibility index (Phi) is 4.29. The van der Waals surface area contributed by atoms with E-state index < -0.39 is 6.10 Å². The number of aryl methyl sites for hydroxylation is 2. The van der Waals surface area contributed by atoms with Crippen LogP contribution in [0.1, 0.15) is 28.6 Å². The van der Waals surface area contributed by atoms with Gasteiger partial charge in [0.1, 0.15) is 5.82 Å². The summed E-state index contributed by atoms with van der Waals surface area (Å²) in [4.78, 5) is 0. The van der Waals surface area contributed by atoms with Crippen LogP contribution in [0.5, 0.6) is 0 Å². The summed E-state index contributed by atoms with van der Waals surface area (Å²) >= 11 is 0. The van der Waals surface area contributed by atoms with Crippen molar-refractivity contribution in [2.24, 2.45) is 0 Å². The molecule has 4 nitrogen and oxygen atoms in total. The van der Waals surface area contributed by atoms with Crippen molar-refractivity contribution in [2.75, 3.05) is 6.54 Å². The van der Waals surface area contributed by atoms with Crippen molar-refractivity contribution < 1.29 is 9.50 Å². The van der Waals surface area contributed by atoms with Crippen LogP contribution in [0, 0.1) is 19.7 Å². The lowest BCUT2D eigenvalue weighted by Gasteiger charge is -2.13. The third-order valence-corrected chi connectivity index (χ3v) is 3.18. The molecule has 0 radical (unpaired) electrons. The van der Waals surface area contributed by atoms with Gasteiger partial charge in [0.25, 0.3) is 0 Å². The Labute approximate surface area is 111 Å². The van der Waals surface area contributed by atoms with Crippen LogP contribution in [-0.4, -0.2) is 21.8 Å². The molecule has 0 unspecified atom stereocenters. The summed E-state index contributed by atoms with van der Waals surface area (Å²) in [7, 11) is 0. The molecule has 1 atom stereocenters. The van der Waals surface area contributed by atoms with Gasteiger partial charge < -0.3 is 10.4 Å². The molecule has 1 aromatic carbocycles. The Morgan fingerprint density at radius 2 is 2.11 bits per heavy atom. The Morgan fingerprint density at radius 3 is 2.74 bits per heavy atom. The van der Waals surface area contributed by atoms with Crippen molar-refractivity contribution >= 4 is 0 Å². The molecular formula is C14H18FN3O. The summed E-state index contributed by atoms with van der Waals surface area (Å²) in [6.45, 7) is 4.77. The van der Waals surface area contributed by atoms with Crippen LogP contribution in [0.2, 0.25) is 0 Å². The molecular weight excluding hydrogens is 245 g/mol. The summed E-state index contributed by atoms with van der Waals surface area (Å²) in [5.74, 6) is -0.382. The number of halogens is 1. The molecule has 19 heavy (non-hydrogen) atoms. The zero-order valence-corrected chi connectivity index (χ0v) is 11.1. The second-order valence-corrected chi connectivity index (χ2v) is 4.58. The number of hydrogen-bond acceptors (Lipinski definition) is 3. The van der Waals surface area contributed by atoms with Gasteiger partial charge in [-0.1, -0.05) is 18.2 Å². The topological polar surface area (TPSA) is 60.9 Å². The fraction of sp³-hybridized carbons (Fsp3) is 0.357. The largest absolute Gasteiger partial charge is 0.387 e. The van der Waals surface area contributed by atoms with Gasteiger partial charge in [0, 0.05) is 29.9 Å². The summed E-state index contributed by atoms with van der Waals surface area (Å²) in [5, 5.41) is 20.1. The molecule has 0 saturated heterocycles. The highest BCUT2D eigenvalue weighted by Gasteiger charge is 2.12. The highest BCUT2D eigenvalue weighted by molar-refractivity contribution is 5.23. The Morgan fingerprint density at radius 1 is 1.37 bits per heavy atom. The van der Waals surface area contributed by atoms with Gasteiger partial charge in [0.15, 0.2) is 0 Å². The zero-order valence-electron chi connectivity index (χ0n) is 11.1. The highest BCUT2D eigenvalue weighted by Crippen LogP contribution is 2.16. The molecule has 1 aromatic heterocycles. The van der Waals surface area contributed by atoms with Crippen LogP contribution in [0.15, 0.2) is 24.3 Å². The van der Waals surface area contributed by atoms with E-state index in [4.69, 9.17) is 0 Å². The van der Waals surface area contributed by atoms with E-state index >= 15 is 0 Å². The number of aliphatic hydroxyl groups is 1. The van der Waals surface area contributed by atoms with Crippen molar-refractivity contribution in [1.82, 2.24) is 15.5 Å². The van der Waals surface area contributed by atoms with E-state index in [-0.39, 0.29) is 5.82 Å². The van der Waals surface area contributed by atoms with E-state index in [1.165, 1.54) is 6.07 Å². The molecule has 5 heteroatoms. The lowest BCUT2D eigenvalue weighted by Crippen LogP contribution is -2.22. The number of nitrogens with zero attached hydrogens (tertiary/aromatic N) is 1. The second-order valence-electron chi connectivity index (χ2n) is 4.58. The number of benzene rings is 1. The van der Waals surface area contributed by atoms with E-state index in [9.17, 15) is 9.50 Å². The van der Waals surface area contributed by atoms with Crippen LogP contribution in [0.4, 0.5) is 4.39 Å². The number of nitrogens with one attached hydrogen (secondary N) is 2. The first-order valence-electron chi connectivity index (χ1n) is 6.23. The van der Waals surface area contributed by atoms with Crippen molar-refractivity contribution in [1.29, 1.82) is 0 Å². The quantitative estimate of drug-likeness (QED) is 0.773. The molecule has 0 bridgehead atoms. The maximum atomic E-state index is 13.5. The fourth-order valence-corrected chi connectivity index (χ4v) is 2.02. The third-order valence-electron chi connectivity index (χ3n) is 3.18. The maximum absolute atomic E-state index is 13.5. The van der Waals surface area contributed by atoms with Gasteiger partial charge in [-0.15, -0.1) is 0 Å². The van der Waals surface area contributed by atoms with Gasteiger partial charge in [-0.3, -0.25) is 5.10 Å². The van der Waals surface area contributed by atoms with Gasteiger partial charge >= 0.3 is 0 Å². The normalized spacial score (nSPS) is 12.6. The Bertz CT molecular complexity index is 534. The predicted molar refractivity (Wildman–Crippen MR) is 71.1 cm³/mol. The SMILES string of the molecule is Cc1n[nH]c(C)c1CNC[C@@H](O)c1ccccc1F. The standard InChI is InChI=1S/C14H18FN3O/c1-9-12(10(2)18-17-9)7-16-8-14(19)11-5-3-4-6-13(11)15/h3-6,14,16,19H,7-8H2,1-2H3,(H,17,18)/t14-/m1/s1. The van der Waals surface area contributed by atoms with E-state index in [0.29, 0.717) is 18.7 Å². The molecule has 0 saturated carbocycles. The minimum atomic E-state index is -0.853. The maximum Gasteiger partial charge on any atom is 0.129 e. The van der Waals surface area contributed by atoms with Crippen LogP contribution >= 0.6 is 0 Å². The third kappa shape index (κ3) is 3.19. The predicted octanol–water partition coefficient (Wildman–Crippen LogP) is 1.99. The van der Waals surface area contributed by atoms with Crippen molar-refractivity contribution in [2.45, 2.75) is 26.5 Å². The molecule has 102 valence electrons. The number of hydrogen-bond donors (Lipinski definition) is 3. The molecule has 0 aliphatic rings. The Hall–Kier alpha value is -1.72. The highest BCUT2D eigenvalue weighted by atomic mass is 19.1. The first kappa shape index (κ1) is 13.7. The molecule has 3 N–H and O–H groups in total. The number of aliphatic hydroxyl groups excluding tert-OH is 1. The van der Waals surface area contributed by atoms with Crippen molar-refractivity contribution in [3.05, 3.63) is 52.6 Å². The molecule has 0 fully saturated rings. The van der Waals surface area contributed by atoms with Gasteiger partial charge in [-0.25, -0.2) is 4.39 Å². The first-order valence-corrected chi connectivity index (χ1v) is 6.23. The summed E-state index contributed by atoms with van der Waals surface area (Å²) in [6, 6.07) is 6.27. The molecule has 2 rings (SSSR count). The second kappa shape index (κ2) is 5.95. The molecule has 2 aromatic rings. The average molecular weight is 263 g/mol. The molecule has 0 aliphatic carbocycles. The number of aromatic nitrogens is 2. The molecule has 0 aliphatic heterocycles. The van der Waals surface area contributed by atoms with Gasteiger partial charge in [-0.2, -0.15) is 5.10 Å². The summed E-state index contributed by atoms with van der Waals surface area (Å²) < 4.78 is 13.5. The van der Waals surface area contributed by atoms with Crippen molar-refractivity contribution in [3.8, 4) is 0 Å². The van der Waals surface area contributed by atoms with E-state index in [2.05, 4.69) is 15.5 Å². The zero-order chi connectivity index (χ0) is 13.8. The first-order chi connectivity index (χ1) is 9.09. The van der Waals surface area contributed by atoms with E-state index in [1.807, 2.05) is 13.8 Å². The Balaban J connectivity index is 1.91. The van der Waals surface area contributed by atoms with Crippen LogP contribution in [-0.2, 0) is 6.54 Å². The van der Waals surface area contributed by atoms with E-state index in [0.717, 1.165) is 17.0 Å². The fourth-order valence-electron chi connectivity index (χ4n) is 2.02.